The van der Waals surface area contributed by atoms with Crippen LogP contribution in [0.2, 0.25) is 0 Å². The van der Waals surface area contributed by atoms with Crippen LogP contribution in [0.15, 0.2) is 0 Å². The molecule has 0 bridgehead atoms. The molecule has 2 saturated heterocycles. The third-order valence-corrected chi connectivity index (χ3v) is 9.13. The van der Waals surface area contributed by atoms with Gasteiger partial charge in [0, 0.05) is 31.6 Å². The highest BCUT2D eigenvalue weighted by Crippen LogP contribution is 2.36. The van der Waals surface area contributed by atoms with Gasteiger partial charge in [0.2, 0.25) is 0 Å². The van der Waals surface area contributed by atoms with Gasteiger partial charge >= 0.3 is 0 Å². The molecule has 20 heteroatoms. The molecule has 20 nitrogen and oxygen atoms in total. The molecule has 46 heavy (non-hydrogen) atoms. The molecule has 2 aliphatic carbocycles. The summed E-state index contributed by atoms with van der Waals surface area (Å²) < 4.78 is 23.0. The number of ether oxygens (including phenoxy) is 4. The van der Waals surface area contributed by atoms with Crippen molar-refractivity contribution < 1.29 is 69.7 Å². The van der Waals surface area contributed by atoms with Crippen molar-refractivity contribution in [1.82, 2.24) is 10.6 Å². The number of aliphatic hydroxyl groups is 9. The summed E-state index contributed by atoms with van der Waals surface area (Å²) in [7, 11) is 0. The molecule has 19 N–H and O–H groups in total. The molecule has 2 heterocycles. The molecular formula is C26H50N6O14. The van der Waals surface area contributed by atoms with Crippen LogP contribution in [-0.4, -0.2) is 188 Å². The number of aliphatic hydroxyl groups excluding tert-OH is 8. The number of hydrogen-bond acceptors (Lipinski definition) is 19. The average Bonchev–Trinajstić information content (AvgIpc) is 3.64. The second-order valence-corrected chi connectivity index (χ2v) is 12.6. The highest BCUT2D eigenvalue weighted by Gasteiger charge is 2.59. The molecule has 0 aromatic carbocycles. The van der Waals surface area contributed by atoms with Crippen molar-refractivity contribution in [2.24, 2.45) is 22.9 Å². The predicted octanol–water partition coefficient (Wildman–Crippen LogP) is -9.33. The number of rotatable bonds is 13. The fraction of sp³-hybridized carbons (Fsp3) is 0.962. The fourth-order valence-electron chi connectivity index (χ4n) is 5.99. The highest BCUT2D eigenvalue weighted by molar-refractivity contribution is 5.89. The Bertz CT molecular complexity index is 1010. The predicted molar refractivity (Wildman–Crippen MR) is 153 cm³/mol. The Balaban J connectivity index is 1.51. The third kappa shape index (κ3) is 7.96. The van der Waals surface area contributed by atoms with Crippen LogP contribution >= 0.6 is 0 Å². The Kier molecular flexibility index (Phi) is 12.7. The molecule has 4 rings (SSSR count). The minimum absolute atomic E-state index is 0.0140. The average molecular weight is 671 g/mol. The van der Waals surface area contributed by atoms with Gasteiger partial charge in [0.25, 0.3) is 5.91 Å². The van der Waals surface area contributed by atoms with Gasteiger partial charge in [-0.1, -0.05) is 0 Å². The largest absolute Gasteiger partial charge is 0.394 e. The third-order valence-electron chi connectivity index (χ3n) is 9.13. The van der Waals surface area contributed by atoms with Gasteiger partial charge in [0.05, 0.1) is 24.8 Å². The first-order valence-electron chi connectivity index (χ1n) is 15.3. The first-order chi connectivity index (χ1) is 21.6. The summed E-state index contributed by atoms with van der Waals surface area (Å²) in [6.07, 6.45) is -19.2. The van der Waals surface area contributed by atoms with E-state index in [4.69, 9.17) is 41.9 Å². The van der Waals surface area contributed by atoms with Gasteiger partial charge < -0.3 is 98.5 Å². The van der Waals surface area contributed by atoms with E-state index in [1.807, 2.05) is 0 Å². The van der Waals surface area contributed by atoms with Crippen molar-refractivity contribution in [3.8, 4) is 0 Å². The summed E-state index contributed by atoms with van der Waals surface area (Å²) in [5.41, 5.74) is 21.5. The standard InChI is InChI=1S/C26H50N6O14/c27-2-1-8(34)5-31-6-11-16(36)18(38)19(39)24(43-11)45-21-9(28)3-10(32-25(41)26(42)4-13(26)29)22(20(21)40)46-23-17(37)14(30)15(35)12(7-33)44-23/h8-24,31,33-40,42H,1-7,27-30H2,(H,32,41)/t8?,9-,10+,11+,12+,13?,14-,15+,16+,17+,18-,19+,20-,21?,22-,23+,24+,26?/m0/s1. The van der Waals surface area contributed by atoms with Gasteiger partial charge in [-0.3, -0.25) is 4.79 Å². The van der Waals surface area contributed by atoms with Gasteiger partial charge in [-0.2, -0.15) is 0 Å². The van der Waals surface area contributed by atoms with Crippen molar-refractivity contribution >= 4 is 5.91 Å². The fourth-order valence-corrected chi connectivity index (χ4v) is 5.99. The van der Waals surface area contributed by atoms with Gasteiger partial charge in [0.15, 0.2) is 18.2 Å². The molecule has 1 amide bonds. The second kappa shape index (κ2) is 15.5. The summed E-state index contributed by atoms with van der Waals surface area (Å²) in [6.45, 7) is -0.420. The van der Waals surface area contributed by atoms with Gasteiger partial charge in [-0.15, -0.1) is 0 Å². The van der Waals surface area contributed by atoms with Crippen LogP contribution < -0.4 is 33.6 Å². The van der Waals surface area contributed by atoms with E-state index in [1.165, 1.54) is 0 Å². The van der Waals surface area contributed by atoms with Crippen molar-refractivity contribution in [1.29, 1.82) is 0 Å². The van der Waals surface area contributed by atoms with Crippen LogP contribution in [0.25, 0.3) is 0 Å². The molecule has 4 aliphatic rings. The molecule has 18 atom stereocenters. The van der Waals surface area contributed by atoms with E-state index < -0.39 is 122 Å². The van der Waals surface area contributed by atoms with Crippen molar-refractivity contribution in [3.63, 3.8) is 0 Å². The number of carbonyl (C=O) groups is 1. The second-order valence-electron chi connectivity index (χ2n) is 12.6. The smallest absolute Gasteiger partial charge is 0.253 e. The molecule has 0 aromatic rings. The zero-order valence-electron chi connectivity index (χ0n) is 25.1. The lowest BCUT2D eigenvalue weighted by atomic mass is 9.83. The van der Waals surface area contributed by atoms with E-state index in [2.05, 4.69) is 10.6 Å². The van der Waals surface area contributed by atoms with E-state index in [-0.39, 0.29) is 32.5 Å². The van der Waals surface area contributed by atoms with Crippen LogP contribution in [0.3, 0.4) is 0 Å². The van der Waals surface area contributed by atoms with Crippen LogP contribution in [0.1, 0.15) is 19.3 Å². The van der Waals surface area contributed by atoms with Crippen LogP contribution in [-0.2, 0) is 23.7 Å². The monoisotopic (exact) mass is 670 g/mol. The van der Waals surface area contributed by atoms with Crippen LogP contribution in [0.4, 0.5) is 0 Å². The van der Waals surface area contributed by atoms with Crippen LogP contribution in [0, 0.1) is 0 Å². The van der Waals surface area contributed by atoms with Crippen molar-refractivity contribution in [2.45, 2.75) is 129 Å². The summed E-state index contributed by atoms with van der Waals surface area (Å²) in [6, 6.07) is -4.37. The highest BCUT2D eigenvalue weighted by atomic mass is 16.7. The van der Waals surface area contributed by atoms with E-state index >= 15 is 0 Å². The van der Waals surface area contributed by atoms with Crippen molar-refractivity contribution in [3.05, 3.63) is 0 Å². The Labute approximate surface area is 264 Å². The topological polar surface area (TPSA) is 364 Å². The molecule has 0 radical (unpaired) electrons. The normalized spacial score (nSPS) is 48.5. The maximum absolute atomic E-state index is 12.9. The summed E-state index contributed by atoms with van der Waals surface area (Å²) in [5.74, 6) is -0.863. The molecule has 268 valence electrons. The van der Waals surface area contributed by atoms with Gasteiger partial charge in [0.1, 0.15) is 61.0 Å². The van der Waals surface area contributed by atoms with E-state index in [0.717, 1.165) is 0 Å². The quantitative estimate of drug-likeness (QED) is 0.0864. The van der Waals surface area contributed by atoms with Gasteiger partial charge in [-0.05, 0) is 19.4 Å². The lowest BCUT2D eigenvalue weighted by molar-refractivity contribution is -0.333. The summed E-state index contributed by atoms with van der Waals surface area (Å²) >= 11 is 0. The molecule has 4 unspecified atom stereocenters. The van der Waals surface area contributed by atoms with E-state index in [0.29, 0.717) is 6.42 Å². The van der Waals surface area contributed by atoms with E-state index in [9.17, 15) is 50.8 Å². The van der Waals surface area contributed by atoms with Crippen molar-refractivity contribution in [2.75, 3.05) is 26.2 Å². The zero-order valence-corrected chi connectivity index (χ0v) is 25.1. The Hall–Kier alpha value is -1.25. The van der Waals surface area contributed by atoms with Crippen LogP contribution in [0.5, 0.6) is 0 Å². The number of carbonyl (C=O) groups excluding carboxylic acids is 1. The maximum atomic E-state index is 12.9. The van der Waals surface area contributed by atoms with Gasteiger partial charge in [-0.25, -0.2) is 0 Å². The lowest BCUT2D eigenvalue weighted by Gasteiger charge is -2.49. The number of amides is 1. The molecule has 0 spiro atoms. The maximum Gasteiger partial charge on any atom is 0.253 e. The molecule has 0 aromatic heterocycles. The molecule has 4 fully saturated rings. The minimum Gasteiger partial charge on any atom is -0.394 e. The molecule has 2 saturated carbocycles. The Morgan fingerprint density at radius 1 is 0.891 bits per heavy atom. The number of nitrogens with two attached hydrogens (primary N) is 4. The van der Waals surface area contributed by atoms with E-state index in [1.54, 1.807) is 0 Å². The molecular weight excluding hydrogens is 620 g/mol. The first kappa shape index (κ1) is 37.6. The Morgan fingerprint density at radius 2 is 1.50 bits per heavy atom. The first-order valence-corrected chi connectivity index (χ1v) is 15.3. The lowest BCUT2D eigenvalue weighted by Crippen LogP contribution is -2.69. The summed E-state index contributed by atoms with van der Waals surface area (Å²) in [5, 5.41) is 99.5. The number of nitrogens with one attached hydrogen (secondary N) is 2. The minimum atomic E-state index is -1.86. The number of hydrogen-bond donors (Lipinski definition) is 15. The molecule has 2 aliphatic heterocycles. The summed E-state index contributed by atoms with van der Waals surface area (Å²) in [4.78, 5) is 12.9. The Morgan fingerprint density at radius 3 is 2.11 bits per heavy atom. The zero-order chi connectivity index (χ0) is 34.1. The SMILES string of the molecule is NCCC(O)CNC[C@H]1O[C@H](OC2[C@@H](N)C[C@@H](NC(=O)C3(O)CC3N)[C@H](O[C@H]3O[C@H](CO)[C@@H](O)[C@H](N)[C@H]3O)[C@H]2O)[C@H](O)[C@@H](O)[C@@H]1O.